The molecule has 0 aliphatic carbocycles. The van der Waals surface area contributed by atoms with E-state index in [9.17, 15) is 4.79 Å². The van der Waals surface area contributed by atoms with Crippen molar-refractivity contribution in [1.29, 1.82) is 10.5 Å². The van der Waals surface area contributed by atoms with Crippen LogP contribution < -0.4 is 0 Å². The lowest BCUT2D eigenvalue weighted by Gasteiger charge is -2.24. The molecule has 0 aliphatic rings. The molecular formula is C13H19ClN2O2. The van der Waals surface area contributed by atoms with Crippen molar-refractivity contribution in [3.05, 3.63) is 0 Å². The van der Waals surface area contributed by atoms with E-state index >= 15 is 0 Å². The van der Waals surface area contributed by atoms with Gasteiger partial charge in [-0.25, -0.2) is 0 Å². The summed E-state index contributed by atoms with van der Waals surface area (Å²) in [6.07, 6.45) is 0.0429. The van der Waals surface area contributed by atoms with Gasteiger partial charge in [0.05, 0.1) is 18.6 Å². The van der Waals surface area contributed by atoms with Crippen molar-refractivity contribution >= 4 is 17.6 Å². The van der Waals surface area contributed by atoms with E-state index in [0.29, 0.717) is 5.88 Å². The highest BCUT2D eigenvalue weighted by molar-refractivity contribution is 6.18. The average molecular weight is 271 g/mol. The van der Waals surface area contributed by atoms with Gasteiger partial charge in [0.25, 0.3) is 0 Å². The van der Waals surface area contributed by atoms with Crippen molar-refractivity contribution in [2.75, 3.05) is 5.88 Å². The van der Waals surface area contributed by atoms with Crippen LogP contribution in [0.15, 0.2) is 0 Å². The Balaban J connectivity index is 4.80. The number of hydrogen-bond acceptors (Lipinski definition) is 4. The van der Waals surface area contributed by atoms with Crippen molar-refractivity contribution in [2.45, 2.75) is 46.1 Å². The molecule has 0 saturated carbocycles. The van der Waals surface area contributed by atoms with E-state index < -0.39 is 17.0 Å². The Morgan fingerprint density at radius 3 is 2.17 bits per heavy atom. The van der Waals surface area contributed by atoms with E-state index in [1.54, 1.807) is 20.8 Å². The largest absolute Gasteiger partial charge is 0.460 e. The fourth-order valence-corrected chi connectivity index (χ4v) is 1.65. The minimum absolute atomic E-state index is 0.00611. The molecular weight excluding hydrogens is 252 g/mol. The Morgan fingerprint density at radius 1 is 1.33 bits per heavy atom. The highest BCUT2D eigenvalue weighted by Gasteiger charge is 2.36. The van der Waals surface area contributed by atoms with Gasteiger partial charge in [0.1, 0.15) is 5.60 Å². The molecule has 18 heavy (non-hydrogen) atoms. The maximum atomic E-state index is 11.7. The van der Waals surface area contributed by atoms with Crippen LogP contribution in [0.3, 0.4) is 0 Å². The third kappa shape index (κ3) is 5.89. The monoisotopic (exact) mass is 270 g/mol. The van der Waals surface area contributed by atoms with Crippen LogP contribution in [0.2, 0.25) is 0 Å². The number of esters is 1. The summed E-state index contributed by atoms with van der Waals surface area (Å²) in [6, 6.07) is 3.85. The van der Waals surface area contributed by atoms with Crippen LogP contribution in [-0.4, -0.2) is 17.5 Å². The van der Waals surface area contributed by atoms with E-state index in [2.05, 4.69) is 0 Å². The maximum absolute atomic E-state index is 11.7. The van der Waals surface area contributed by atoms with Gasteiger partial charge in [-0.2, -0.15) is 10.5 Å². The molecule has 0 aromatic carbocycles. The highest BCUT2D eigenvalue weighted by Crippen LogP contribution is 2.30. The number of ether oxygens (including phenoxy) is 1. The Morgan fingerprint density at radius 2 is 1.83 bits per heavy atom. The minimum Gasteiger partial charge on any atom is -0.460 e. The first-order chi connectivity index (χ1) is 8.18. The van der Waals surface area contributed by atoms with Crippen LogP contribution in [0.1, 0.15) is 40.5 Å². The topological polar surface area (TPSA) is 73.9 Å². The summed E-state index contributed by atoms with van der Waals surface area (Å²) in [5.41, 5.74) is -1.97. The van der Waals surface area contributed by atoms with Gasteiger partial charge in [0.2, 0.25) is 0 Å². The van der Waals surface area contributed by atoms with Crippen molar-refractivity contribution in [1.82, 2.24) is 0 Å². The predicted molar refractivity (Wildman–Crippen MR) is 68.6 cm³/mol. The molecule has 0 aliphatic heterocycles. The molecule has 1 unspecified atom stereocenters. The number of rotatable bonds is 5. The molecule has 0 aromatic heterocycles. The Bertz CT molecular complexity index is 360. The number of nitrogens with zero attached hydrogens (tertiary/aromatic N) is 2. The molecule has 0 heterocycles. The molecule has 0 amide bonds. The van der Waals surface area contributed by atoms with Crippen molar-refractivity contribution in [3.8, 4) is 12.1 Å². The van der Waals surface area contributed by atoms with Gasteiger partial charge in [-0.3, -0.25) is 4.79 Å². The quantitative estimate of drug-likeness (QED) is 0.568. The van der Waals surface area contributed by atoms with Crippen LogP contribution in [0.25, 0.3) is 0 Å². The van der Waals surface area contributed by atoms with E-state index in [4.69, 9.17) is 26.9 Å². The van der Waals surface area contributed by atoms with Gasteiger partial charge in [-0.05, 0) is 33.1 Å². The zero-order chi connectivity index (χ0) is 14.4. The second-order valence-electron chi connectivity index (χ2n) is 5.53. The predicted octanol–water partition coefficient (Wildman–Crippen LogP) is 3.02. The van der Waals surface area contributed by atoms with Crippen LogP contribution in [0.5, 0.6) is 0 Å². The second kappa shape index (κ2) is 6.61. The van der Waals surface area contributed by atoms with Gasteiger partial charge >= 0.3 is 5.97 Å². The molecule has 0 aromatic rings. The first-order valence-electron chi connectivity index (χ1n) is 5.78. The summed E-state index contributed by atoms with van der Waals surface area (Å²) in [4.78, 5) is 11.7. The van der Waals surface area contributed by atoms with Crippen molar-refractivity contribution in [2.24, 2.45) is 11.3 Å². The molecule has 100 valence electrons. The van der Waals surface area contributed by atoms with Crippen molar-refractivity contribution in [3.63, 3.8) is 0 Å². The second-order valence-corrected chi connectivity index (χ2v) is 5.84. The molecule has 0 rings (SSSR count). The molecule has 0 N–H and O–H groups in total. The zero-order valence-electron chi connectivity index (χ0n) is 11.3. The molecule has 4 nitrogen and oxygen atoms in total. The third-order valence-corrected chi connectivity index (χ3v) is 2.78. The Kier molecular flexibility index (Phi) is 6.15. The first-order valence-corrected chi connectivity index (χ1v) is 6.32. The Labute approximate surface area is 113 Å². The van der Waals surface area contributed by atoms with E-state index in [0.717, 1.165) is 0 Å². The number of halogens is 1. The number of carbonyl (C=O) groups excluding carboxylic acids is 1. The number of hydrogen-bond donors (Lipinski definition) is 0. The standard InChI is InChI=1S/C13H19ClN2O2/c1-10(7-14)5-13(8-15,9-16)6-11(17)18-12(2,3)4/h10H,5-7H2,1-4H3. The van der Waals surface area contributed by atoms with Gasteiger partial charge in [0, 0.05) is 5.88 Å². The summed E-state index contributed by atoms with van der Waals surface area (Å²) in [6.45, 7) is 7.07. The SMILES string of the molecule is CC(CCl)CC(C#N)(C#N)CC(=O)OC(C)(C)C. The van der Waals surface area contributed by atoms with E-state index in [-0.39, 0.29) is 18.8 Å². The molecule has 0 fully saturated rings. The van der Waals surface area contributed by atoms with Gasteiger partial charge in [0.15, 0.2) is 5.41 Å². The van der Waals surface area contributed by atoms with Crippen LogP contribution in [0, 0.1) is 34.0 Å². The molecule has 1 atom stereocenters. The van der Waals surface area contributed by atoms with Gasteiger partial charge < -0.3 is 4.74 Å². The highest BCUT2D eigenvalue weighted by atomic mass is 35.5. The normalized spacial score (nSPS) is 13.3. The zero-order valence-corrected chi connectivity index (χ0v) is 12.0. The van der Waals surface area contributed by atoms with Crippen LogP contribution >= 0.6 is 11.6 Å². The molecule has 0 bridgehead atoms. The molecule has 0 saturated heterocycles. The summed E-state index contributed by atoms with van der Waals surface area (Å²) in [5.74, 6) is -0.194. The number of carbonyl (C=O) groups is 1. The van der Waals surface area contributed by atoms with E-state index in [1.807, 2.05) is 19.1 Å². The smallest absolute Gasteiger partial charge is 0.309 e. The molecule has 5 heteroatoms. The van der Waals surface area contributed by atoms with E-state index in [1.165, 1.54) is 0 Å². The lowest BCUT2D eigenvalue weighted by Crippen LogP contribution is -2.30. The summed E-state index contributed by atoms with van der Waals surface area (Å²) < 4.78 is 5.14. The van der Waals surface area contributed by atoms with Crippen molar-refractivity contribution < 1.29 is 9.53 Å². The number of nitriles is 2. The van der Waals surface area contributed by atoms with Crippen LogP contribution in [0.4, 0.5) is 0 Å². The lowest BCUT2D eigenvalue weighted by atomic mass is 9.80. The molecule has 0 radical (unpaired) electrons. The summed E-state index contributed by atoms with van der Waals surface area (Å²) >= 11 is 5.68. The van der Waals surface area contributed by atoms with Gasteiger partial charge in [-0.1, -0.05) is 6.92 Å². The summed E-state index contributed by atoms with van der Waals surface area (Å²) in [5, 5.41) is 18.3. The van der Waals surface area contributed by atoms with Crippen LogP contribution in [-0.2, 0) is 9.53 Å². The number of alkyl halides is 1. The maximum Gasteiger partial charge on any atom is 0.309 e. The fourth-order valence-electron chi connectivity index (χ4n) is 1.54. The third-order valence-electron chi connectivity index (χ3n) is 2.25. The lowest BCUT2D eigenvalue weighted by molar-refractivity contribution is -0.156. The fraction of sp³-hybridized carbons (Fsp3) is 0.769. The summed E-state index contributed by atoms with van der Waals surface area (Å²) in [7, 11) is 0. The van der Waals surface area contributed by atoms with Gasteiger partial charge in [-0.15, -0.1) is 11.6 Å². The minimum atomic E-state index is -1.35. The average Bonchev–Trinajstić information content (AvgIpc) is 2.25. The first kappa shape index (κ1) is 16.7. The Hall–Kier alpha value is -1.26. The molecule has 0 spiro atoms.